The number of carbonyl (C=O) groups is 1. The summed E-state index contributed by atoms with van der Waals surface area (Å²) in [7, 11) is 0. The monoisotopic (exact) mass is 191 g/mol. The van der Waals surface area contributed by atoms with E-state index in [0.29, 0.717) is 0 Å². The average molecular weight is 191 g/mol. The van der Waals surface area contributed by atoms with Crippen LogP contribution in [0.15, 0.2) is 55.1 Å². The van der Waals surface area contributed by atoms with Crippen LogP contribution in [0.4, 0.5) is 0 Å². The average Bonchev–Trinajstić information content (AvgIpc) is 2.80. The minimum Gasteiger partial charge on any atom is -0.372 e. The number of nitrogens with two attached hydrogens (primary N) is 1. The molecule has 4 heteroatoms. The molecule has 0 aliphatic carbocycles. The fourth-order valence-corrected chi connectivity index (χ4v) is 0.590. The first-order valence-electron chi connectivity index (χ1n) is 4.00. The van der Waals surface area contributed by atoms with Crippen molar-refractivity contribution in [1.82, 2.24) is 9.97 Å². The molecule has 74 valence electrons. The molecule has 2 heterocycles. The van der Waals surface area contributed by atoms with E-state index in [1.165, 1.54) is 0 Å². The van der Waals surface area contributed by atoms with Crippen LogP contribution in [-0.4, -0.2) is 16.4 Å². The third-order valence-electron chi connectivity index (χ3n) is 1.06. The Morgan fingerprint density at radius 3 is 1.64 bits per heavy atom. The second-order valence-electron chi connectivity index (χ2n) is 2.05. The van der Waals surface area contributed by atoms with Crippen molar-refractivity contribution in [3.8, 4) is 0 Å². The number of aromatic nitrogens is 2. The quantitative estimate of drug-likeness (QED) is 0.614. The number of hydrogen-bond donors (Lipinski definition) is 2. The summed E-state index contributed by atoms with van der Waals surface area (Å²) in [6.07, 6.45) is 7.50. The lowest BCUT2D eigenvalue weighted by atomic mass is 10.5. The Labute approximate surface area is 82.8 Å². The lowest BCUT2D eigenvalue weighted by Gasteiger charge is -1.70. The third kappa shape index (κ3) is 9.90. The fraction of sp³-hybridized carbons (Fsp3) is 0. The number of H-pyrrole nitrogens is 1. The van der Waals surface area contributed by atoms with Gasteiger partial charge in [-0.1, -0.05) is 6.07 Å². The topological polar surface area (TPSA) is 71.8 Å². The minimum atomic E-state index is 0.250. The summed E-state index contributed by atoms with van der Waals surface area (Å²) in [6.45, 7) is 0. The van der Waals surface area contributed by atoms with Gasteiger partial charge in [0, 0.05) is 24.8 Å². The van der Waals surface area contributed by atoms with Crippen LogP contribution in [0, 0.1) is 0 Å². The van der Waals surface area contributed by atoms with Crippen LogP contribution < -0.4 is 5.73 Å². The van der Waals surface area contributed by atoms with E-state index in [0.717, 1.165) is 0 Å². The summed E-state index contributed by atoms with van der Waals surface area (Å²) < 4.78 is 0. The Hall–Kier alpha value is -2.10. The summed E-state index contributed by atoms with van der Waals surface area (Å²) in [5.41, 5.74) is 4.17. The number of primary amides is 1. The van der Waals surface area contributed by atoms with E-state index < -0.39 is 0 Å². The van der Waals surface area contributed by atoms with E-state index in [1.54, 1.807) is 12.4 Å². The van der Waals surface area contributed by atoms with Crippen molar-refractivity contribution in [3.05, 3.63) is 55.1 Å². The molecule has 0 saturated heterocycles. The molecule has 1 amide bonds. The van der Waals surface area contributed by atoms with Crippen molar-refractivity contribution >= 4 is 6.41 Å². The van der Waals surface area contributed by atoms with E-state index in [2.05, 4.69) is 15.7 Å². The molecular formula is C10H13N3O. The van der Waals surface area contributed by atoms with Gasteiger partial charge in [-0.3, -0.25) is 9.78 Å². The van der Waals surface area contributed by atoms with Gasteiger partial charge < -0.3 is 10.7 Å². The first kappa shape index (κ1) is 11.9. The zero-order valence-electron chi connectivity index (χ0n) is 7.71. The largest absolute Gasteiger partial charge is 0.372 e. The van der Waals surface area contributed by atoms with Gasteiger partial charge in [-0.2, -0.15) is 0 Å². The molecule has 0 unspecified atom stereocenters. The van der Waals surface area contributed by atoms with E-state index in [9.17, 15) is 0 Å². The Balaban J connectivity index is 0.000000193. The SMILES string of the molecule is NC=O.c1cc[nH]c1.c1ccncc1. The van der Waals surface area contributed by atoms with Crippen molar-refractivity contribution in [1.29, 1.82) is 0 Å². The summed E-state index contributed by atoms with van der Waals surface area (Å²) >= 11 is 0. The predicted octanol–water partition coefficient (Wildman–Crippen LogP) is 1.20. The summed E-state index contributed by atoms with van der Waals surface area (Å²) in [6, 6.07) is 9.60. The van der Waals surface area contributed by atoms with Crippen LogP contribution in [0.1, 0.15) is 0 Å². The zero-order valence-corrected chi connectivity index (χ0v) is 7.71. The predicted molar refractivity (Wildman–Crippen MR) is 55.3 cm³/mol. The van der Waals surface area contributed by atoms with Gasteiger partial charge >= 0.3 is 0 Å². The molecule has 0 spiro atoms. The molecule has 0 bridgehead atoms. The van der Waals surface area contributed by atoms with Gasteiger partial charge in [0.1, 0.15) is 0 Å². The number of aromatic amines is 1. The number of nitrogens with one attached hydrogen (secondary N) is 1. The maximum Gasteiger partial charge on any atom is 0.204 e. The lowest BCUT2D eigenvalue weighted by molar-refractivity contribution is -0.106. The van der Waals surface area contributed by atoms with Gasteiger partial charge in [-0.05, 0) is 24.3 Å². The smallest absolute Gasteiger partial charge is 0.204 e. The van der Waals surface area contributed by atoms with Crippen LogP contribution in [0.3, 0.4) is 0 Å². The molecule has 0 aromatic carbocycles. The number of hydrogen-bond acceptors (Lipinski definition) is 2. The highest BCUT2D eigenvalue weighted by Crippen LogP contribution is 1.73. The van der Waals surface area contributed by atoms with Crippen molar-refractivity contribution in [2.75, 3.05) is 0 Å². The molecule has 2 aromatic rings. The molecule has 2 rings (SSSR count). The Morgan fingerprint density at radius 2 is 1.50 bits per heavy atom. The summed E-state index contributed by atoms with van der Waals surface area (Å²) in [5, 5.41) is 0. The lowest BCUT2D eigenvalue weighted by Crippen LogP contribution is -1.82. The van der Waals surface area contributed by atoms with Crippen molar-refractivity contribution < 1.29 is 4.79 Å². The number of amides is 1. The molecule has 0 aliphatic heterocycles. The fourth-order valence-electron chi connectivity index (χ4n) is 0.590. The molecule has 14 heavy (non-hydrogen) atoms. The van der Waals surface area contributed by atoms with Crippen LogP contribution in [0.25, 0.3) is 0 Å². The van der Waals surface area contributed by atoms with Gasteiger partial charge in [0.25, 0.3) is 0 Å². The highest BCUT2D eigenvalue weighted by molar-refractivity contribution is 5.42. The third-order valence-corrected chi connectivity index (χ3v) is 1.06. The van der Waals surface area contributed by atoms with Crippen LogP contribution in [0.2, 0.25) is 0 Å². The van der Waals surface area contributed by atoms with Gasteiger partial charge in [-0.25, -0.2) is 0 Å². The Kier molecular flexibility index (Phi) is 9.27. The summed E-state index contributed by atoms with van der Waals surface area (Å²) in [4.78, 5) is 15.2. The molecule has 3 N–H and O–H groups in total. The van der Waals surface area contributed by atoms with Crippen LogP contribution >= 0.6 is 0 Å². The molecule has 0 fully saturated rings. The number of nitrogens with zero attached hydrogens (tertiary/aromatic N) is 1. The van der Waals surface area contributed by atoms with Gasteiger partial charge in [0.2, 0.25) is 6.41 Å². The van der Waals surface area contributed by atoms with Gasteiger partial charge in [-0.15, -0.1) is 0 Å². The van der Waals surface area contributed by atoms with E-state index in [-0.39, 0.29) is 6.41 Å². The van der Waals surface area contributed by atoms with Crippen LogP contribution in [-0.2, 0) is 4.79 Å². The standard InChI is InChI=1S/C5H5N.C4H5N.CH3NO/c1-2-4-6-5-3-1;1-2-4-5-3-1;2-1-3/h1-5H;1-5H;1H,(H2,2,3). The van der Waals surface area contributed by atoms with Gasteiger partial charge in [0.15, 0.2) is 0 Å². The molecule has 0 radical (unpaired) electrons. The zero-order chi connectivity index (χ0) is 10.5. The molecular weight excluding hydrogens is 178 g/mol. The molecule has 0 atom stereocenters. The normalized spacial score (nSPS) is 7.14. The minimum absolute atomic E-state index is 0.250. The maximum absolute atomic E-state index is 8.58. The number of rotatable bonds is 0. The van der Waals surface area contributed by atoms with E-state index in [1.807, 2.05) is 42.7 Å². The maximum atomic E-state index is 8.58. The first-order chi connectivity index (χ1) is 6.91. The molecule has 4 nitrogen and oxygen atoms in total. The second kappa shape index (κ2) is 10.9. The highest BCUT2D eigenvalue weighted by atomic mass is 16.1. The van der Waals surface area contributed by atoms with Crippen LogP contribution in [0.5, 0.6) is 0 Å². The Morgan fingerprint density at radius 1 is 1.00 bits per heavy atom. The molecule has 0 aliphatic rings. The number of carbonyl (C=O) groups excluding carboxylic acids is 1. The second-order valence-corrected chi connectivity index (χ2v) is 2.05. The van der Waals surface area contributed by atoms with Crippen molar-refractivity contribution in [2.45, 2.75) is 0 Å². The van der Waals surface area contributed by atoms with E-state index >= 15 is 0 Å². The molecule has 0 saturated carbocycles. The number of pyridine rings is 1. The Bertz CT molecular complexity index is 237. The molecule has 2 aromatic heterocycles. The first-order valence-corrected chi connectivity index (χ1v) is 4.00. The van der Waals surface area contributed by atoms with Crippen molar-refractivity contribution in [3.63, 3.8) is 0 Å². The van der Waals surface area contributed by atoms with E-state index in [4.69, 9.17) is 4.79 Å². The van der Waals surface area contributed by atoms with Crippen molar-refractivity contribution in [2.24, 2.45) is 5.73 Å². The van der Waals surface area contributed by atoms with Gasteiger partial charge in [0.05, 0.1) is 0 Å². The highest BCUT2D eigenvalue weighted by Gasteiger charge is 1.58. The summed E-state index contributed by atoms with van der Waals surface area (Å²) in [5.74, 6) is 0.